The van der Waals surface area contributed by atoms with E-state index in [1.807, 2.05) is 6.07 Å². The quantitative estimate of drug-likeness (QED) is 0.188. The van der Waals surface area contributed by atoms with E-state index in [0.717, 1.165) is 88.3 Å². The monoisotopic (exact) mass is 668 g/mol. The van der Waals surface area contributed by atoms with Crippen molar-refractivity contribution < 1.29 is 18.0 Å². The topological polar surface area (TPSA) is 48.7 Å². The molecule has 0 radical (unpaired) electrons. The lowest BCUT2D eigenvalue weighted by molar-refractivity contribution is 0.269. The molecule has 0 saturated heterocycles. The van der Waals surface area contributed by atoms with E-state index in [1.165, 1.54) is 22.3 Å². The molecular formula is C48H28O4. The van der Waals surface area contributed by atoms with Gasteiger partial charge in [0.1, 0.15) is 22.9 Å². The summed E-state index contributed by atoms with van der Waals surface area (Å²) in [4.78, 5) is 0. The molecule has 7 aromatic carbocycles. The van der Waals surface area contributed by atoms with Gasteiger partial charge in [0, 0.05) is 43.8 Å². The third-order valence-electron chi connectivity index (χ3n) is 11.0. The summed E-state index contributed by atoms with van der Waals surface area (Å²) in [5.74, 6) is 0.993. The van der Waals surface area contributed by atoms with Crippen LogP contribution >= 0.6 is 0 Å². The lowest BCUT2D eigenvalue weighted by Gasteiger charge is -2.18. The first-order valence-corrected chi connectivity index (χ1v) is 17.7. The maximum absolute atomic E-state index is 6.57. The first-order chi connectivity index (χ1) is 25.7. The second kappa shape index (κ2) is 10.4. The predicted octanol–water partition coefficient (Wildman–Crippen LogP) is 13.2. The van der Waals surface area contributed by atoms with Gasteiger partial charge in [-0.15, -0.1) is 0 Å². The Bertz CT molecular complexity index is 3150. The molecule has 4 heteroatoms. The highest BCUT2D eigenvalue weighted by molar-refractivity contribution is 6.19. The van der Waals surface area contributed by atoms with Gasteiger partial charge in [0.05, 0.1) is 0 Å². The number of ether oxygens (including phenoxy) is 1. The van der Waals surface area contributed by atoms with Crippen LogP contribution in [-0.4, -0.2) is 6.10 Å². The number of hydrogen-bond acceptors (Lipinski definition) is 4. The van der Waals surface area contributed by atoms with Crippen molar-refractivity contribution in [1.29, 1.82) is 0 Å². The first-order valence-electron chi connectivity index (χ1n) is 17.7. The standard InChI is InChI=1S/C48H28O4/c1-3-7-27(8-4-1)29-11-19-41-37(23-29)33-15-17-35-39-25-31(13-21-43(39)51-47(35)45(33)49-41)32-14-22-44-40(26-32)36-18-16-34-38-24-30(28-9-5-2-6-10-28)12-20-42(38)50-46(34)48(36)52-44/h1-26,37,41H. The summed E-state index contributed by atoms with van der Waals surface area (Å²) in [5.41, 5.74) is 13.0. The maximum Gasteiger partial charge on any atom is 0.178 e. The van der Waals surface area contributed by atoms with Gasteiger partial charge in [0.15, 0.2) is 22.5 Å². The van der Waals surface area contributed by atoms with Gasteiger partial charge >= 0.3 is 0 Å². The van der Waals surface area contributed by atoms with E-state index in [0.29, 0.717) is 0 Å². The SMILES string of the molecule is C1=CC2Oc3c(ccc4c3oc3ccc(-c5ccc6oc7c(ccc8c9cc(-c%10ccccc%10)ccc9oc87)c6c5)cc34)C2C=C1c1ccccc1. The fourth-order valence-corrected chi connectivity index (χ4v) is 8.45. The van der Waals surface area contributed by atoms with E-state index >= 15 is 0 Å². The minimum absolute atomic E-state index is 0.0408. The Morgan fingerprint density at radius 2 is 0.904 bits per heavy atom. The summed E-state index contributed by atoms with van der Waals surface area (Å²) in [7, 11) is 0. The molecule has 4 nitrogen and oxygen atoms in total. The van der Waals surface area contributed by atoms with Crippen LogP contribution in [0.5, 0.6) is 5.75 Å². The minimum atomic E-state index is -0.0408. The Hall–Kier alpha value is -6.78. The Balaban J connectivity index is 0.939. The summed E-state index contributed by atoms with van der Waals surface area (Å²) < 4.78 is 26.0. The molecule has 0 bridgehead atoms. The van der Waals surface area contributed by atoms with Gasteiger partial charge in [0.2, 0.25) is 0 Å². The molecule has 0 fully saturated rings. The molecule has 2 aliphatic rings. The lowest BCUT2D eigenvalue weighted by atomic mass is 9.87. The van der Waals surface area contributed by atoms with Crippen LogP contribution in [-0.2, 0) is 0 Å². The highest BCUT2D eigenvalue weighted by Crippen LogP contribution is 2.49. The summed E-state index contributed by atoms with van der Waals surface area (Å²) in [6.45, 7) is 0. The molecule has 3 aromatic heterocycles. The summed E-state index contributed by atoms with van der Waals surface area (Å²) in [5, 5.41) is 6.36. The second-order valence-electron chi connectivity index (χ2n) is 13.9. The Morgan fingerprint density at radius 3 is 1.50 bits per heavy atom. The molecule has 52 heavy (non-hydrogen) atoms. The van der Waals surface area contributed by atoms with Crippen molar-refractivity contribution in [2.75, 3.05) is 0 Å². The number of allylic oxidation sites excluding steroid dienone is 2. The Kier molecular flexibility index (Phi) is 5.58. The van der Waals surface area contributed by atoms with E-state index < -0.39 is 0 Å². The first kappa shape index (κ1) is 28.0. The molecule has 4 heterocycles. The molecule has 10 aromatic rings. The molecule has 1 aliphatic heterocycles. The highest BCUT2D eigenvalue weighted by atomic mass is 16.5. The molecule has 244 valence electrons. The third kappa shape index (κ3) is 3.97. The van der Waals surface area contributed by atoms with Gasteiger partial charge < -0.3 is 18.0 Å². The van der Waals surface area contributed by atoms with Crippen LogP contribution in [0.15, 0.2) is 171 Å². The molecule has 0 saturated carbocycles. The van der Waals surface area contributed by atoms with Crippen molar-refractivity contribution in [3.63, 3.8) is 0 Å². The largest absolute Gasteiger partial charge is 0.481 e. The number of furan rings is 3. The zero-order valence-corrected chi connectivity index (χ0v) is 27.8. The van der Waals surface area contributed by atoms with E-state index in [4.69, 9.17) is 18.0 Å². The number of rotatable bonds is 3. The van der Waals surface area contributed by atoms with Crippen molar-refractivity contribution >= 4 is 71.4 Å². The third-order valence-corrected chi connectivity index (χ3v) is 11.0. The normalized spacial score (nSPS) is 16.7. The van der Waals surface area contributed by atoms with Gasteiger partial charge in [-0.3, -0.25) is 0 Å². The van der Waals surface area contributed by atoms with Crippen LogP contribution in [0.1, 0.15) is 17.0 Å². The molecule has 0 amide bonds. The van der Waals surface area contributed by atoms with Crippen LogP contribution in [0, 0.1) is 0 Å². The second-order valence-corrected chi connectivity index (χ2v) is 13.9. The number of hydrogen-bond donors (Lipinski definition) is 0. The zero-order valence-electron chi connectivity index (χ0n) is 27.8. The summed E-state index contributed by atoms with van der Waals surface area (Å²) >= 11 is 0. The van der Waals surface area contributed by atoms with Crippen LogP contribution in [0.3, 0.4) is 0 Å². The highest BCUT2D eigenvalue weighted by Gasteiger charge is 2.36. The zero-order chi connectivity index (χ0) is 33.9. The molecule has 1 aliphatic carbocycles. The molecule has 12 rings (SSSR count). The summed E-state index contributed by atoms with van der Waals surface area (Å²) in [6.07, 6.45) is 6.64. The van der Waals surface area contributed by atoms with Crippen LogP contribution in [0.25, 0.3) is 93.6 Å². The average molecular weight is 669 g/mol. The van der Waals surface area contributed by atoms with Crippen LogP contribution in [0.2, 0.25) is 0 Å². The van der Waals surface area contributed by atoms with Crippen LogP contribution in [0.4, 0.5) is 0 Å². The van der Waals surface area contributed by atoms with Gasteiger partial charge in [-0.1, -0.05) is 97.1 Å². The Morgan fingerprint density at radius 1 is 0.404 bits per heavy atom. The van der Waals surface area contributed by atoms with E-state index in [2.05, 4.69) is 152 Å². The van der Waals surface area contributed by atoms with Gasteiger partial charge in [-0.25, -0.2) is 0 Å². The number of benzene rings is 7. The minimum Gasteiger partial charge on any atom is -0.481 e. The van der Waals surface area contributed by atoms with Crippen molar-refractivity contribution in [1.82, 2.24) is 0 Å². The molecular weight excluding hydrogens is 641 g/mol. The van der Waals surface area contributed by atoms with Crippen molar-refractivity contribution in [2.45, 2.75) is 12.0 Å². The lowest BCUT2D eigenvalue weighted by Crippen LogP contribution is -2.16. The van der Waals surface area contributed by atoms with Crippen molar-refractivity contribution in [3.8, 4) is 28.0 Å². The van der Waals surface area contributed by atoms with Crippen LogP contribution < -0.4 is 4.74 Å². The molecule has 2 atom stereocenters. The van der Waals surface area contributed by atoms with E-state index in [-0.39, 0.29) is 12.0 Å². The van der Waals surface area contributed by atoms with E-state index in [9.17, 15) is 0 Å². The van der Waals surface area contributed by atoms with Gasteiger partial charge in [-0.2, -0.15) is 0 Å². The average Bonchev–Trinajstić information content (AvgIpc) is 3.97. The molecule has 0 spiro atoms. The van der Waals surface area contributed by atoms with E-state index in [1.54, 1.807) is 0 Å². The smallest absolute Gasteiger partial charge is 0.178 e. The molecule has 0 N–H and O–H groups in total. The van der Waals surface area contributed by atoms with Gasteiger partial charge in [0.25, 0.3) is 0 Å². The fourth-order valence-electron chi connectivity index (χ4n) is 8.45. The fraction of sp³-hybridized carbons (Fsp3) is 0.0417. The predicted molar refractivity (Wildman–Crippen MR) is 210 cm³/mol. The molecule has 2 unspecified atom stereocenters. The van der Waals surface area contributed by atoms with Crippen molar-refractivity contribution in [3.05, 3.63) is 169 Å². The van der Waals surface area contributed by atoms with Gasteiger partial charge in [-0.05, 0) is 94.1 Å². The number of fused-ring (bicyclic) bond motifs is 14. The maximum atomic E-state index is 6.57. The summed E-state index contributed by atoms with van der Waals surface area (Å²) in [6, 6.07) is 48.9. The Labute approximate surface area is 297 Å². The van der Waals surface area contributed by atoms with Crippen molar-refractivity contribution in [2.24, 2.45) is 0 Å².